The van der Waals surface area contributed by atoms with E-state index in [1.165, 1.54) is 0 Å². The van der Waals surface area contributed by atoms with Crippen LogP contribution in [0.3, 0.4) is 0 Å². The normalized spacial score (nSPS) is 29.7. The zero-order chi connectivity index (χ0) is 11.6. The Morgan fingerprint density at radius 1 is 1.38 bits per heavy atom. The van der Waals surface area contributed by atoms with Gasteiger partial charge in [0.1, 0.15) is 0 Å². The van der Waals surface area contributed by atoms with Gasteiger partial charge in [-0.15, -0.1) is 0 Å². The van der Waals surface area contributed by atoms with Crippen molar-refractivity contribution >= 4 is 10.1 Å². The SMILES string of the molecule is CS(=O)(=O)OCC1CCC2(C1)OCCCO2. The standard InChI is InChI=1S/C10H18O5S/c1-16(11,12)15-8-9-3-4-10(7-9)13-5-2-6-14-10/h9H,2-8H2,1H3. The Morgan fingerprint density at radius 2 is 2.06 bits per heavy atom. The summed E-state index contributed by atoms with van der Waals surface area (Å²) in [7, 11) is -3.34. The van der Waals surface area contributed by atoms with Crippen LogP contribution in [0.4, 0.5) is 0 Å². The monoisotopic (exact) mass is 250 g/mol. The Hall–Kier alpha value is -0.170. The van der Waals surface area contributed by atoms with E-state index in [1.54, 1.807) is 0 Å². The summed E-state index contributed by atoms with van der Waals surface area (Å²) in [6, 6.07) is 0. The van der Waals surface area contributed by atoms with E-state index in [-0.39, 0.29) is 12.5 Å². The molecule has 5 nitrogen and oxygen atoms in total. The van der Waals surface area contributed by atoms with Crippen molar-refractivity contribution in [1.29, 1.82) is 0 Å². The number of rotatable bonds is 3. The molecule has 16 heavy (non-hydrogen) atoms. The van der Waals surface area contributed by atoms with Crippen molar-refractivity contribution in [1.82, 2.24) is 0 Å². The van der Waals surface area contributed by atoms with Gasteiger partial charge in [-0.25, -0.2) is 0 Å². The highest BCUT2D eigenvalue weighted by molar-refractivity contribution is 7.85. The Kier molecular flexibility index (Phi) is 3.53. The highest BCUT2D eigenvalue weighted by Gasteiger charge is 2.42. The first kappa shape index (κ1) is 12.3. The van der Waals surface area contributed by atoms with Crippen molar-refractivity contribution in [3.63, 3.8) is 0 Å². The van der Waals surface area contributed by atoms with Crippen LogP contribution in [-0.2, 0) is 23.8 Å². The maximum absolute atomic E-state index is 10.9. The van der Waals surface area contributed by atoms with Crippen molar-refractivity contribution in [3.05, 3.63) is 0 Å². The van der Waals surface area contributed by atoms with Gasteiger partial charge in [0.05, 0.1) is 26.1 Å². The molecular formula is C10H18O5S. The molecule has 1 saturated heterocycles. The van der Waals surface area contributed by atoms with Crippen LogP contribution in [0.2, 0.25) is 0 Å². The zero-order valence-corrected chi connectivity index (χ0v) is 10.3. The minimum absolute atomic E-state index is 0.216. The summed E-state index contributed by atoms with van der Waals surface area (Å²) in [5.74, 6) is -0.239. The molecule has 1 spiro atoms. The van der Waals surface area contributed by atoms with Crippen molar-refractivity contribution in [2.45, 2.75) is 31.5 Å². The molecule has 0 amide bonds. The van der Waals surface area contributed by atoms with Crippen LogP contribution in [0.5, 0.6) is 0 Å². The summed E-state index contributed by atoms with van der Waals surface area (Å²) in [6.45, 7) is 1.71. The third-order valence-electron chi connectivity index (χ3n) is 3.07. The fraction of sp³-hybridized carbons (Fsp3) is 1.00. The smallest absolute Gasteiger partial charge is 0.264 e. The van der Waals surface area contributed by atoms with Crippen molar-refractivity contribution in [3.8, 4) is 0 Å². The Morgan fingerprint density at radius 3 is 2.69 bits per heavy atom. The Balaban J connectivity index is 1.83. The molecule has 1 aliphatic carbocycles. The molecule has 1 saturated carbocycles. The molecule has 2 rings (SSSR count). The Bertz CT molecular complexity index is 331. The first-order valence-electron chi connectivity index (χ1n) is 5.61. The van der Waals surface area contributed by atoms with Gasteiger partial charge in [0.25, 0.3) is 10.1 Å². The molecule has 2 fully saturated rings. The quantitative estimate of drug-likeness (QED) is 0.696. The number of ether oxygens (including phenoxy) is 2. The van der Waals surface area contributed by atoms with Crippen LogP contribution in [0.15, 0.2) is 0 Å². The van der Waals surface area contributed by atoms with Gasteiger partial charge in [-0.2, -0.15) is 8.42 Å². The van der Waals surface area contributed by atoms with Gasteiger partial charge in [-0.05, 0) is 18.8 Å². The van der Waals surface area contributed by atoms with Crippen LogP contribution in [0.25, 0.3) is 0 Å². The first-order chi connectivity index (χ1) is 7.49. The minimum atomic E-state index is -3.34. The van der Waals surface area contributed by atoms with Gasteiger partial charge in [-0.3, -0.25) is 4.18 Å². The van der Waals surface area contributed by atoms with Gasteiger partial charge < -0.3 is 9.47 Å². The molecule has 0 aromatic rings. The molecule has 1 atom stereocenters. The fourth-order valence-electron chi connectivity index (χ4n) is 2.31. The topological polar surface area (TPSA) is 61.8 Å². The molecule has 1 unspecified atom stereocenters. The van der Waals surface area contributed by atoms with Crippen molar-refractivity contribution in [2.75, 3.05) is 26.1 Å². The lowest BCUT2D eigenvalue weighted by molar-refractivity contribution is -0.263. The molecule has 0 aromatic heterocycles. The van der Waals surface area contributed by atoms with Crippen LogP contribution in [0, 0.1) is 5.92 Å². The van der Waals surface area contributed by atoms with Crippen LogP contribution >= 0.6 is 0 Å². The molecule has 0 radical (unpaired) electrons. The fourth-order valence-corrected chi connectivity index (χ4v) is 2.75. The highest BCUT2D eigenvalue weighted by atomic mass is 32.2. The van der Waals surface area contributed by atoms with E-state index in [1.807, 2.05) is 0 Å². The second-order valence-electron chi connectivity index (χ2n) is 4.56. The average Bonchev–Trinajstić information content (AvgIpc) is 2.59. The summed E-state index contributed by atoms with van der Waals surface area (Å²) < 4.78 is 37.9. The van der Waals surface area contributed by atoms with E-state index < -0.39 is 15.9 Å². The van der Waals surface area contributed by atoms with Crippen LogP contribution in [0.1, 0.15) is 25.7 Å². The Labute approximate surface area is 96.2 Å². The van der Waals surface area contributed by atoms with E-state index in [0.29, 0.717) is 0 Å². The van der Waals surface area contributed by atoms with E-state index in [4.69, 9.17) is 13.7 Å². The third-order valence-corrected chi connectivity index (χ3v) is 3.63. The predicted molar refractivity (Wildman–Crippen MR) is 57.4 cm³/mol. The molecule has 0 aromatic carbocycles. The van der Waals surface area contributed by atoms with Crippen LogP contribution in [-0.4, -0.2) is 40.3 Å². The zero-order valence-electron chi connectivity index (χ0n) is 9.48. The molecule has 6 heteroatoms. The van der Waals surface area contributed by atoms with Crippen molar-refractivity contribution < 1.29 is 22.1 Å². The highest BCUT2D eigenvalue weighted by Crippen LogP contribution is 2.40. The molecule has 2 aliphatic rings. The number of hydrogen-bond acceptors (Lipinski definition) is 5. The minimum Gasteiger partial charge on any atom is -0.350 e. The summed E-state index contributed by atoms with van der Waals surface area (Å²) >= 11 is 0. The van der Waals surface area contributed by atoms with Crippen LogP contribution < -0.4 is 0 Å². The van der Waals surface area contributed by atoms with E-state index in [0.717, 1.165) is 45.2 Å². The van der Waals surface area contributed by atoms with E-state index >= 15 is 0 Å². The van der Waals surface area contributed by atoms with Gasteiger partial charge in [0.2, 0.25) is 0 Å². The largest absolute Gasteiger partial charge is 0.350 e. The molecule has 0 bridgehead atoms. The van der Waals surface area contributed by atoms with Crippen molar-refractivity contribution in [2.24, 2.45) is 5.92 Å². The lowest BCUT2D eigenvalue weighted by atomic mass is 10.1. The molecule has 1 heterocycles. The predicted octanol–water partition coefficient (Wildman–Crippen LogP) is 0.896. The van der Waals surface area contributed by atoms with Gasteiger partial charge in [0.15, 0.2) is 5.79 Å². The molecule has 94 valence electrons. The third kappa shape index (κ3) is 3.16. The maximum Gasteiger partial charge on any atom is 0.264 e. The lowest BCUT2D eigenvalue weighted by Crippen LogP contribution is -2.38. The van der Waals surface area contributed by atoms with E-state index in [9.17, 15) is 8.42 Å². The van der Waals surface area contributed by atoms with Gasteiger partial charge in [0, 0.05) is 12.8 Å². The summed E-state index contributed by atoms with van der Waals surface area (Å²) in [5, 5.41) is 0. The van der Waals surface area contributed by atoms with Gasteiger partial charge in [-0.1, -0.05) is 0 Å². The first-order valence-corrected chi connectivity index (χ1v) is 7.43. The average molecular weight is 250 g/mol. The second-order valence-corrected chi connectivity index (χ2v) is 6.20. The molecule has 0 N–H and O–H groups in total. The molecular weight excluding hydrogens is 232 g/mol. The second kappa shape index (κ2) is 4.60. The van der Waals surface area contributed by atoms with E-state index in [2.05, 4.69) is 0 Å². The lowest BCUT2D eigenvalue weighted by Gasteiger charge is -2.33. The summed E-state index contributed by atoms with van der Waals surface area (Å²) in [5.41, 5.74) is 0. The molecule has 1 aliphatic heterocycles. The maximum atomic E-state index is 10.9. The van der Waals surface area contributed by atoms with Gasteiger partial charge >= 0.3 is 0 Å². The summed E-state index contributed by atoms with van der Waals surface area (Å²) in [6.07, 6.45) is 4.49. The number of hydrogen-bond donors (Lipinski definition) is 0. The summed E-state index contributed by atoms with van der Waals surface area (Å²) in [4.78, 5) is 0.